The number of hydrogen-bond acceptors (Lipinski definition) is 3. The van der Waals surface area contributed by atoms with Crippen molar-refractivity contribution in [2.24, 2.45) is 0 Å². The Labute approximate surface area is 274 Å². The molecule has 0 spiro atoms. The fourth-order valence-electron chi connectivity index (χ4n) is 7.35. The van der Waals surface area contributed by atoms with E-state index in [4.69, 9.17) is 9.40 Å². The molecule has 8 aromatic rings. The van der Waals surface area contributed by atoms with Gasteiger partial charge in [0.1, 0.15) is 5.52 Å². The van der Waals surface area contributed by atoms with Crippen LogP contribution in [-0.2, 0) is 5.41 Å². The molecule has 0 radical (unpaired) electrons. The minimum atomic E-state index is -0.0253. The molecule has 3 nitrogen and oxygen atoms in total. The zero-order valence-corrected chi connectivity index (χ0v) is 26.3. The zero-order valence-electron chi connectivity index (χ0n) is 26.3. The number of nitrogens with zero attached hydrogens (tertiary/aromatic N) is 2. The van der Waals surface area contributed by atoms with E-state index in [0.717, 1.165) is 44.5 Å². The molecule has 0 N–H and O–H groups in total. The first-order chi connectivity index (χ1) is 23.1. The minimum Gasteiger partial charge on any atom is -0.435 e. The van der Waals surface area contributed by atoms with E-state index < -0.39 is 0 Å². The first-order valence-corrected chi connectivity index (χ1v) is 16.1. The zero-order chi connectivity index (χ0) is 31.5. The average molecular weight is 605 g/mol. The molecular formula is C44H32N2O. The van der Waals surface area contributed by atoms with Crippen LogP contribution in [0.2, 0.25) is 0 Å². The number of aromatic nitrogens is 1. The highest BCUT2D eigenvalue weighted by molar-refractivity contribution is 6.05. The predicted octanol–water partition coefficient (Wildman–Crippen LogP) is 12.1. The Kier molecular flexibility index (Phi) is 6.16. The molecule has 224 valence electrons. The highest BCUT2D eigenvalue weighted by Crippen LogP contribution is 2.52. The Morgan fingerprint density at radius 3 is 2.00 bits per heavy atom. The Hall–Kier alpha value is -5.93. The van der Waals surface area contributed by atoms with E-state index in [1.54, 1.807) is 0 Å². The lowest BCUT2D eigenvalue weighted by Gasteiger charge is -2.26. The predicted molar refractivity (Wildman–Crippen MR) is 195 cm³/mol. The third kappa shape index (κ3) is 4.39. The van der Waals surface area contributed by atoms with Gasteiger partial charge in [0, 0.05) is 33.4 Å². The highest BCUT2D eigenvalue weighted by Gasteiger charge is 2.36. The number of rotatable bonds is 5. The van der Waals surface area contributed by atoms with Gasteiger partial charge in [0.15, 0.2) is 5.58 Å². The van der Waals surface area contributed by atoms with E-state index in [1.807, 2.05) is 30.3 Å². The van der Waals surface area contributed by atoms with E-state index in [1.165, 1.54) is 33.4 Å². The van der Waals surface area contributed by atoms with Crippen LogP contribution in [-0.4, -0.2) is 4.98 Å². The molecule has 0 bridgehead atoms. The smallest absolute Gasteiger partial charge is 0.227 e. The fourth-order valence-corrected chi connectivity index (χ4v) is 7.35. The van der Waals surface area contributed by atoms with Crippen molar-refractivity contribution in [3.05, 3.63) is 169 Å². The molecule has 0 atom stereocenters. The van der Waals surface area contributed by atoms with Crippen LogP contribution < -0.4 is 4.90 Å². The van der Waals surface area contributed by atoms with Gasteiger partial charge in [-0.3, -0.25) is 0 Å². The van der Waals surface area contributed by atoms with Crippen LogP contribution in [0, 0.1) is 0 Å². The molecule has 1 aromatic heterocycles. The number of anilines is 3. The van der Waals surface area contributed by atoms with Gasteiger partial charge in [-0.1, -0.05) is 111 Å². The van der Waals surface area contributed by atoms with Gasteiger partial charge in [0.05, 0.1) is 0 Å². The molecule has 9 rings (SSSR count). The quantitative estimate of drug-likeness (QED) is 0.196. The molecule has 0 saturated heterocycles. The fraction of sp³-hybridized carbons (Fsp3) is 0.0682. The van der Waals surface area contributed by atoms with Gasteiger partial charge in [-0.15, -0.1) is 0 Å². The number of fused-ring (bicyclic) bond motifs is 6. The molecule has 1 aliphatic rings. The molecule has 1 heterocycles. The summed E-state index contributed by atoms with van der Waals surface area (Å²) in [6.45, 7) is 4.67. The molecule has 7 aromatic carbocycles. The Morgan fingerprint density at radius 1 is 0.532 bits per heavy atom. The second kappa shape index (κ2) is 10.6. The molecule has 0 unspecified atom stereocenters. The molecule has 0 saturated carbocycles. The minimum absolute atomic E-state index is 0.0253. The Bertz CT molecular complexity index is 2420. The summed E-state index contributed by atoms with van der Waals surface area (Å²) in [5, 5.41) is 2.15. The topological polar surface area (TPSA) is 29.3 Å². The van der Waals surface area contributed by atoms with Crippen molar-refractivity contribution in [1.82, 2.24) is 4.98 Å². The second-order valence-electron chi connectivity index (χ2n) is 12.8. The lowest BCUT2D eigenvalue weighted by atomic mass is 9.82. The van der Waals surface area contributed by atoms with Crippen LogP contribution in [0.4, 0.5) is 17.1 Å². The van der Waals surface area contributed by atoms with Gasteiger partial charge >= 0.3 is 0 Å². The van der Waals surface area contributed by atoms with E-state index in [-0.39, 0.29) is 5.41 Å². The highest BCUT2D eigenvalue weighted by atomic mass is 16.3. The maximum absolute atomic E-state index is 6.33. The van der Waals surface area contributed by atoms with Crippen LogP contribution in [0.5, 0.6) is 0 Å². The lowest BCUT2D eigenvalue weighted by Crippen LogP contribution is -2.14. The first kappa shape index (κ1) is 27.4. The van der Waals surface area contributed by atoms with Gasteiger partial charge in [-0.05, 0) is 99.4 Å². The molecule has 0 aliphatic heterocycles. The maximum Gasteiger partial charge on any atom is 0.227 e. The van der Waals surface area contributed by atoms with E-state index >= 15 is 0 Å². The lowest BCUT2D eigenvalue weighted by molar-refractivity contribution is 0.623. The Morgan fingerprint density at radius 2 is 1.19 bits per heavy atom. The summed E-state index contributed by atoms with van der Waals surface area (Å²) in [7, 11) is 0. The van der Waals surface area contributed by atoms with Crippen LogP contribution >= 0.6 is 0 Å². The van der Waals surface area contributed by atoms with Crippen LogP contribution in [0.1, 0.15) is 25.0 Å². The van der Waals surface area contributed by atoms with Crippen molar-refractivity contribution in [1.29, 1.82) is 0 Å². The average Bonchev–Trinajstić information content (AvgIpc) is 3.67. The van der Waals surface area contributed by atoms with E-state index in [0.29, 0.717) is 5.89 Å². The summed E-state index contributed by atoms with van der Waals surface area (Å²) in [6, 6.07) is 56.0. The van der Waals surface area contributed by atoms with Crippen molar-refractivity contribution < 1.29 is 4.42 Å². The number of oxazole rings is 1. The van der Waals surface area contributed by atoms with Crippen molar-refractivity contribution in [2.45, 2.75) is 19.3 Å². The van der Waals surface area contributed by atoms with Crippen molar-refractivity contribution in [3.63, 3.8) is 0 Å². The van der Waals surface area contributed by atoms with Crippen LogP contribution in [0.25, 0.3) is 55.6 Å². The molecule has 1 aliphatic carbocycles. The normalized spacial score (nSPS) is 13.1. The monoisotopic (exact) mass is 604 g/mol. The second-order valence-corrected chi connectivity index (χ2v) is 12.8. The number of hydrogen-bond donors (Lipinski definition) is 0. The SMILES string of the molecule is CC1(C)c2ccccc2-c2c(-c3ccc(N(c4ccccc4)c4ccc5c(ccc6nc(-c7ccccc7)oc65)c4)cc3)cccc21. The van der Waals surface area contributed by atoms with Gasteiger partial charge in [-0.25, -0.2) is 4.98 Å². The van der Waals surface area contributed by atoms with Gasteiger partial charge in [0.25, 0.3) is 0 Å². The standard InChI is InChI=1S/C44H32N2O/c1-44(2)38-18-10-9-16-37(38)41-35(17-11-19-39(41)44)29-20-23-33(24-21-29)46(32-14-7-4-8-15-32)34-25-26-36-31(28-34)22-27-40-42(36)47-43(45-40)30-12-5-3-6-13-30/h3-28H,1-2H3. The summed E-state index contributed by atoms with van der Waals surface area (Å²) in [6.07, 6.45) is 0. The molecule has 0 fully saturated rings. The van der Waals surface area contributed by atoms with Gasteiger partial charge in [0.2, 0.25) is 5.89 Å². The largest absolute Gasteiger partial charge is 0.435 e. The summed E-state index contributed by atoms with van der Waals surface area (Å²) < 4.78 is 6.33. The molecule has 0 amide bonds. The summed E-state index contributed by atoms with van der Waals surface area (Å²) in [5.74, 6) is 0.638. The van der Waals surface area contributed by atoms with E-state index in [2.05, 4.69) is 146 Å². The third-order valence-corrected chi connectivity index (χ3v) is 9.69. The Balaban J connectivity index is 1.13. The molecule has 3 heteroatoms. The molecular weight excluding hydrogens is 572 g/mol. The summed E-state index contributed by atoms with van der Waals surface area (Å²) in [5.41, 5.74) is 13.9. The van der Waals surface area contributed by atoms with Crippen molar-refractivity contribution >= 4 is 38.9 Å². The van der Waals surface area contributed by atoms with Crippen LogP contribution in [0.15, 0.2) is 162 Å². The maximum atomic E-state index is 6.33. The number of benzene rings is 7. The van der Waals surface area contributed by atoms with Crippen molar-refractivity contribution in [3.8, 4) is 33.7 Å². The van der Waals surface area contributed by atoms with Gasteiger partial charge < -0.3 is 9.32 Å². The van der Waals surface area contributed by atoms with Crippen molar-refractivity contribution in [2.75, 3.05) is 4.90 Å². The number of para-hydroxylation sites is 1. The third-order valence-electron chi connectivity index (χ3n) is 9.69. The molecule has 47 heavy (non-hydrogen) atoms. The van der Waals surface area contributed by atoms with Gasteiger partial charge in [-0.2, -0.15) is 0 Å². The summed E-state index contributed by atoms with van der Waals surface area (Å²) in [4.78, 5) is 7.10. The first-order valence-electron chi connectivity index (χ1n) is 16.1. The van der Waals surface area contributed by atoms with E-state index in [9.17, 15) is 0 Å². The summed E-state index contributed by atoms with van der Waals surface area (Å²) >= 11 is 0. The van der Waals surface area contributed by atoms with Crippen LogP contribution in [0.3, 0.4) is 0 Å².